The molecule has 94 valence electrons. The first kappa shape index (κ1) is 12.0. The fraction of sp³-hybridized carbons (Fsp3) is 0.727. The van der Waals surface area contributed by atoms with Gasteiger partial charge in [0.1, 0.15) is 5.71 Å². The quantitative estimate of drug-likeness (QED) is 0.694. The molecule has 0 spiro atoms. The normalized spacial score (nSPS) is 25.9. The summed E-state index contributed by atoms with van der Waals surface area (Å²) in [7, 11) is 0. The predicted octanol–water partition coefficient (Wildman–Crippen LogP) is -0.110. The van der Waals surface area contributed by atoms with Crippen molar-refractivity contribution in [3.8, 4) is 0 Å². The molecule has 0 aliphatic carbocycles. The summed E-state index contributed by atoms with van der Waals surface area (Å²) in [5, 5.41) is 3.84. The summed E-state index contributed by atoms with van der Waals surface area (Å²) in [6, 6.07) is 0.158. The summed E-state index contributed by atoms with van der Waals surface area (Å²) in [5.74, 6) is -0.211. The summed E-state index contributed by atoms with van der Waals surface area (Å²) in [5.41, 5.74) is 2.80. The van der Waals surface area contributed by atoms with E-state index in [2.05, 4.69) is 10.5 Å². The number of nitrogens with one attached hydrogen (secondary N) is 1. The van der Waals surface area contributed by atoms with Gasteiger partial charge in [-0.1, -0.05) is 0 Å². The lowest BCUT2D eigenvalue weighted by atomic mass is 10.1. The lowest BCUT2D eigenvalue weighted by molar-refractivity contribution is -0.126. The van der Waals surface area contributed by atoms with Gasteiger partial charge in [0.15, 0.2) is 0 Å². The number of carbonyl (C=O) groups is 2. The molecule has 0 bridgehead atoms. The summed E-state index contributed by atoms with van der Waals surface area (Å²) < 4.78 is 5.35. The smallest absolute Gasteiger partial charge is 0.270 e. The maximum Gasteiger partial charge on any atom is 0.270 e. The zero-order valence-corrected chi connectivity index (χ0v) is 9.94. The van der Waals surface area contributed by atoms with Gasteiger partial charge in [-0.2, -0.15) is 5.10 Å². The molecule has 1 unspecified atom stereocenters. The van der Waals surface area contributed by atoms with E-state index in [1.165, 1.54) is 0 Å². The molecule has 1 fully saturated rings. The fourth-order valence-electron chi connectivity index (χ4n) is 1.99. The molecule has 2 rings (SSSR count). The Balaban J connectivity index is 2.05. The molecule has 1 N–H and O–H groups in total. The molecule has 1 saturated heterocycles. The molecule has 17 heavy (non-hydrogen) atoms. The van der Waals surface area contributed by atoms with Crippen LogP contribution in [0, 0.1) is 0 Å². The first-order chi connectivity index (χ1) is 8.18. The van der Waals surface area contributed by atoms with Crippen LogP contribution in [0.15, 0.2) is 5.10 Å². The predicted molar refractivity (Wildman–Crippen MR) is 61.4 cm³/mol. The van der Waals surface area contributed by atoms with E-state index in [4.69, 9.17) is 4.74 Å². The van der Waals surface area contributed by atoms with Crippen LogP contribution < -0.4 is 5.43 Å². The van der Waals surface area contributed by atoms with Gasteiger partial charge in [0.05, 0.1) is 6.61 Å². The lowest BCUT2D eigenvalue weighted by Crippen LogP contribution is -2.45. The van der Waals surface area contributed by atoms with Crippen molar-refractivity contribution in [3.05, 3.63) is 0 Å². The van der Waals surface area contributed by atoms with Crippen LogP contribution in [0.4, 0.5) is 0 Å². The minimum absolute atomic E-state index is 0.0806. The van der Waals surface area contributed by atoms with Crippen LogP contribution >= 0.6 is 0 Å². The highest BCUT2D eigenvalue weighted by Crippen LogP contribution is 2.12. The molecule has 6 heteroatoms. The third-order valence-corrected chi connectivity index (χ3v) is 3.10. The zero-order chi connectivity index (χ0) is 12.3. The van der Waals surface area contributed by atoms with Crippen LogP contribution in [0.3, 0.4) is 0 Å². The van der Waals surface area contributed by atoms with Crippen molar-refractivity contribution in [1.29, 1.82) is 0 Å². The summed E-state index contributed by atoms with van der Waals surface area (Å²) in [6.45, 7) is 3.85. The van der Waals surface area contributed by atoms with Gasteiger partial charge in [0, 0.05) is 32.0 Å². The van der Waals surface area contributed by atoms with E-state index in [0.29, 0.717) is 38.3 Å². The second-order valence-electron chi connectivity index (χ2n) is 4.34. The van der Waals surface area contributed by atoms with Gasteiger partial charge in [-0.25, -0.2) is 5.43 Å². The highest BCUT2D eigenvalue weighted by Gasteiger charge is 2.27. The Morgan fingerprint density at radius 3 is 3.00 bits per heavy atom. The van der Waals surface area contributed by atoms with Crippen molar-refractivity contribution in [2.75, 3.05) is 19.8 Å². The van der Waals surface area contributed by atoms with E-state index < -0.39 is 0 Å². The largest absolute Gasteiger partial charge is 0.380 e. The number of carbonyl (C=O) groups excluding carboxylic acids is 2. The monoisotopic (exact) mass is 239 g/mol. The van der Waals surface area contributed by atoms with Crippen LogP contribution in [0.25, 0.3) is 0 Å². The Labute approximate surface area is 100.0 Å². The summed E-state index contributed by atoms with van der Waals surface area (Å²) in [4.78, 5) is 25.0. The molecule has 0 saturated carbocycles. The molecule has 2 aliphatic rings. The van der Waals surface area contributed by atoms with Crippen molar-refractivity contribution in [1.82, 2.24) is 10.3 Å². The number of hydrogen-bond donors (Lipinski definition) is 1. The standard InChI is InChI=1S/C11H17N3O3/c1-8-4-6-17-7-5-14(8)11(16)9-2-3-10(15)13-12-9/h8H,2-7H2,1H3,(H,13,15). The second kappa shape index (κ2) is 5.27. The first-order valence-corrected chi connectivity index (χ1v) is 5.92. The third kappa shape index (κ3) is 2.82. The van der Waals surface area contributed by atoms with E-state index in [1.807, 2.05) is 6.92 Å². The SMILES string of the molecule is CC1CCOCCN1C(=O)C1=NNC(=O)CC1. The fourth-order valence-corrected chi connectivity index (χ4v) is 1.99. The van der Waals surface area contributed by atoms with E-state index in [1.54, 1.807) is 4.90 Å². The average Bonchev–Trinajstić information content (AvgIpc) is 2.54. The van der Waals surface area contributed by atoms with Crippen molar-refractivity contribution in [2.24, 2.45) is 5.10 Å². The Hall–Kier alpha value is -1.43. The summed E-state index contributed by atoms with van der Waals surface area (Å²) >= 11 is 0. The summed E-state index contributed by atoms with van der Waals surface area (Å²) in [6.07, 6.45) is 1.60. The number of hydrazone groups is 1. The number of rotatable bonds is 1. The number of hydrogen-bond acceptors (Lipinski definition) is 4. The van der Waals surface area contributed by atoms with Crippen LogP contribution in [0.5, 0.6) is 0 Å². The van der Waals surface area contributed by atoms with E-state index in [0.717, 1.165) is 6.42 Å². The molecule has 1 atom stereocenters. The molecule has 2 aliphatic heterocycles. The molecule has 0 aromatic carbocycles. The van der Waals surface area contributed by atoms with E-state index in [9.17, 15) is 9.59 Å². The van der Waals surface area contributed by atoms with E-state index in [-0.39, 0.29) is 17.9 Å². The Bertz CT molecular complexity index is 354. The lowest BCUT2D eigenvalue weighted by Gasteiger charge is -2.27. The Morgan fingerprint density at radius 2 is 2.29 bits per heavy atom. The number of ether oxygens (including phenoxy) is 1. The van der Waals surface area contributed by atoms with Gasteiger partial charge in [-0.3, -0.25) is 9.59 Å². The van der Waals surface area contributed by atoms with Crippen molar-refractivity contribution >= 4 is 17.5 Å². The average molecular weight is 239 g/mol. The number of amides is 2. The Morgan fingerprint density at radius 1 is 1.47 bits per heavy atom. The first-order valence-electron chi connectivity index (χ1n) is 5.92. The molecule has 2 amide bonds. The molecule has 0 aromatic rings. The van der Waals surface area contributed by atoms with Crippen LogP contribution in [-0.4, -0.2) is 48.2 Å². The van der Waals surface area contributed by atoms with Gasteiger partial charge >= 0.3 is 0 Å². The van der Waals surface area contributed by atoms with Gasteiger partial charge in [-0.15, -0.1) is 0 Å². The highest BCUT2D eigenvalue weighted by molar-refractivity contribution is 6.39. The second-order valence-corrected chi connectivity index (χ2v) is 4.34. The number of nitrogens with zero attached hydrogens (tertiary/aromatic N) is 2. The van der Waals surface area contributed by atoms with Crippen LogP contribution in [0.2, 0.25) is 0 Å². The van der Waals surface area contributed by atoms with Crippen molar-refractivity contribution in [2.45, 2.75) is 32.2 Å². The topological polar surface area (TPSA) is 71.0 Å². The van der Waals surface area contributed by atoms with E-state index >= 15 is 0 Å². The highest BCUT2D eigenvalue weighted by atomic mass is 16.5. The van der Waals surface area contributed by atoms with Gasteiger partial charge < -0.3 is 9.64 Å². The van der Waals surface area contributed by atoms with Crippen LogP contribution in [-0.2, 0) is 14.3 Å². The molecule has 0 aromatic heterocycles. The molecule has 6 nitrogen and oxygen atoms in total. The van der Waals surface area contributed by atoms with Crippen LogP contribution in [0.1, 0.15) is 26.2 Å². The minimum Gasteiger partial charge on any atom is -0.380 e. The van der Waals surface area contributed by atoms with Crippen molar-refractivity contribution < 1.29 is 14.3 Å². The van der Waals surface area contributed by atoms with Gasteiger partial charge in [0.25, 0.3) is 5.91 Å². The van der Waals surface area contributed by atoms with Crippen molar-refractivity contribution in [3.63, 3.8) is 0 Å². The third-order valence-electron chi connectivity index (χ3n) is 3.10. The molecule has 0 radical (unpaired) electrons. The zero-order valence-electron chi connectivity index (χ0n) is 9.94. The maximum atomic E-state index is 12.2. The molecular formula is C11H17N3O3. The Kier molecular flexibility index (Phi) is 3.73. The molecule has 2 heterocycles. The molecular weight excluding hydrogens is 222 g/mol. The van der Waals surface area contributed by atoms with Gasteiger partial charge in [-0.05, 0) is 13.3 Å². The van der Waals surface area contributed by atoms with Gasteiger partial charge in [0.2, 0.25) is 5.91 Å². The minimum atomic E-state index is -0.131. The maximum absolute atomic E-state index is 12.2.